The third-order valence-corrected chi connectivity index (χ3v) is 5.56. The van der Waals surface area contributed by atoms with E-state index in [2.05, 4.69) is 26.8 Å². The topological polar surface area (TPSA) is 53.7 Å². The van der Waals surface area contributed by atoms with Crippen LogP contribution in [0.2, 0.25) is 0 Å². The van der Waals surface area contributed by atoms with E-state index < -0.39 is 0 Å². The van der Waals surface area contributed by atoms with Gasteiger partial charge < -0.3 is 4.90 Å². The Morgan fingerprint density at radius 1 is 1.25 bits per heavy atom. The summed E-state index contributed by atoms with van der Waals surface area (Å²) >= 11 is 0. The number of amides is 1. The van der Waals surface area contributed by atoms with Crippen molar-refractivity contribution >= 4 is 11.6 Å². The van der Waals surface area contributed by atoms with Crippen molar-refractivity contribution in [1.82, 2.24) is 24.4 Å². The van der Waals surface area contributed by atoms with Crippen LogP contribution in [0.3, 0.4) is 0 Å². The first kappa shape index (κ1) is 15.6. The molecule has 1 amide bonds. The van der Waals surface area contributed by atoms with E-state index in [1.54, 1.807) is 10.7 Å². The lowest BCUT2D eigenvalue weighted by Crippen LogP contribution is -2.48. The Kier molecular flexibility index (Phi) is 4.00. The Bertz CT molecular complexity index is 755. The van der Waals surface area contributed by atoms with Crippen molar-refractivity contribution in [3.05, 3.63) is 29.7 Å². The van der Waals surface area contributed by atoms with Crippen LogP contribution in [0.5, 0.6) is 0 Å². The van der Waals surface area contributed by atoms with Gasteiger partial charge in [-0.2, -0.15) is 5.10 Å². The van der Waals surface area contributed by atoms with Gasteiger partial charge in [0.25, 0.3) is 5.91 Å². The molecule has 24 heavy (non-hydrogen) atoms. The van der Waals surface area contributed by atoms with Gasteiger partial charge in [-0.25, -0.2) is 9.50 Å². The summed E-state index contributed by atoms with van der Waals surface area (Å²) in [4.78, 5) is 22.4. The minimum atomic E-state index is 0.0913. The molecule has 4 rings (SSSR count). The van der Waals surface area contributed by atoms with E-state index in [-0.39, 0.29) is 5.91 Å². The van der Waals surface area contributed by atoms with Crippen LogP contribution in [0.1, 0.15) is 48.7 Å². The van der Waals surface area contributed by atoms with Crippen molar-refractivity contribution in [1.29, 1.82) is 0 Å². The largest absolute Gasteiger partial charge is 0.334 e. The highest BCUT2D eigenvalue weighted by molar-refractivity contribution is 6.00. The van der Waals surface area contributed by atoms with Crippen molar-refractivity contribution in [3.8, 4) is 0 Å². The number of aromatic nitrogens is 3. The van der Waals surface area contributed by atoms with Gasteiger partial charge >= 0.3 is 0 Å². The molecule has 4 heterocycles. The van der Waals surface area contributed by atoms with Gasteiger partial charge in [0, 0.05) is 30.5 Å². The number of hydrogen-bond acceptors (Lipinski definition) is 4. The van der Waals surface area contributed by atoms with Crippen molar-refractivity contribution in [2.75, 3.05) is 19.6 Å². The Morgan fingerprint density at radius 2 is 2.04 bits per heavy atom. The molecule has 6 heteroatoms. The highest BCUT2D eigenvalue weighted by Gasteiger charge is 2.40. The van der Waals surface area contributed by atoms with Gasteiger partial charge in [0.15, 0.2) is 5.65 Å². The predicted molar refractivity (Wildman–Crippen MR) is 92.1 cm³/mol. The maximum Gasteiger partial charge on any atom is 0.259 e. The van der Waals surface area contributed by atoms with Crippen LogP contribution in [0.15, 0.2) is 18.5 Å². The summed E-state index contributed by atoms with van der Waals surface area (Å²) in [7, 11) is 0. The molecule has 0 N–H and O–H groups in total. The highest BCUT2D eigenvalue weighted by atomic mass is 16.2. The van der Waals surface area contributed by atoms with E-state index in [0.29, 0.717) is 23.3 Å². The summed E-state index contributed by atoms with van der Waals surface area (Å²) in [5, 5.41) is 4.30. The molecule has 2 atom stereocenters. The van der Waals surface area contributed by atoms with Gasteiger partial charge in [-0.05, 0) is 51.8 Å². The van der Waals surface area contributed by atoms with Crippen molar-refractivity contribution in [2.24, 2.45) is 0 Å². The molecule has 0 bridgehead atoms. The number of likely N-dealkylation sites (tertiary alicyclic amines) is 2. The molecule has 0 saturated carbocycles. The summed E-state index contributed by atoms with van der Waals surface area (Å²) in [6.45, 7) is 7.24. The molecule has 0 radical (unpaired) electrons. The third kappa shape index (κ3) is 2.49. The maximum absolute atomic E-state index is 13.2. The number of likely N-dealkylation sites (N-methyl/N-ethyl adjacent to an activating group) is 1. The molecule has 2 aromatic heterocycles. The smallest absolute Gasteiger partial charge is 0.259 e. The van der Waals surface area contributed by atoms with Crippen molar-refractivity contribution in [2.45, 2.75) is 51.6 Å². The molecule has 2 aromatic rings. The fourth-order valence-electron chi connectivity index (χ4n) is 4.39. The molecule has 0 aromatic carbocycles. The number of fused-ring (bicyclic) bond motifs is 1. The minimum absolute atomic E-state index is 0.0913. The third-order valence-electron chi connectivity index (χ3n) is 5.56. The standard InChI is InChI=1S/C18H25N5O/c1-3-21-9-4-6-15(21)16-7-5-10-22(16)18(24)14-12-19-23-11-8-13(2)20-17(14)23/h8,11-12,15-16H,3-7,9-10H2,1-2H3/t15-,16-/m1/s1. The number of hydrogen-bond donors (Lipinski definition) is 0. The van der Waals surface area contributed by atoms with Gasteiger partial charge in [-0.15, -0.1) is 0 Å². The van der Waals surface area contributed by atoms with Crippen LogP contribution in [-0.4, -0.2) is 62.0 Å². The summed E-state index contributed by atoms with van der Waals surface area (Å²) in [6, 6.07) is 2.75. The molecule has 0 spiro atoms. The number of carbonyl (C=O) groups excluding carboxylic acids is 1. The minimum Gasteiger partial charge on any atom is -0.334 e. The lowest BCUT2D eigenvalue weighted by Gasteiger charge is -2.34. The molecule has 0 aliphatic carbocycles. The van der Waals surface area contributed by atoms with Crippen molar-refractivity contribution < 1.29 is 4.79 Å². The Labute approximate surface area is 142 Å². The van der Waals surface area contributed by atoms with Crippen LogP contribution in [0, 0.1) is 6.92 Å². The Hall–Kier alpha value is -1.95. The zero-order chi connectivity index (χ0) is 16.7. The van der Waals surface area contributed by atoms with Gasteiger partial charge in [0.1, 0.15) is 5.56 Å². The quantitative estimate of drug-likeness (QED) is 0.866. The monoisotopic (exact) mass is 327 g/mol. The normalized spacial score (nSPS) is 25.0. The first-order chi connectivity index (χ1) is 11.7. The van der Waals surface area contributed by atoms with Crippen LogP contribution in [-0.2, 0) is 0 Å². The fraction of sp³-hybridized carbons (Fsp3) is 0.611. The molecule has 128 valence electrons. The lowest BCUT2D eigenvalue weighted by molar-refractivity contribution is 0.0651. The Morgan fingerprint density at radius 3 is 2.88 bits per heavy atom. The van der Waals surface area contributed by atoms with Gasteiger partial charge in [-0.3, -0.25) is 9.69 Å². The first-order valence-electron chi connectivity index (χ1n) is 9.05. The molecule has 6 nitrogen and oxygen atoms in total. The number of aryl methyl sites for hydroxylation is 1. The van der Waals surface area contributed by atoms with E-state index in [0.717, 1.165) is 38.2 Å². The first-order valence-corrected chi connectivity index (χ1v) is 9.05. The van der Waals surface area contributed by atoms with Gasteiger partial charge in [0.2, 0.25) is 0 Å². The van der Waals surface area contributed by atoms with Crippen LogP contribution in [0.4, 0.5) is 0 Å². The summed E-state index contributed by atoms with van der Waals surface area (Å²) < 4.78 is 1.69. The van der Waals surface area contributed by atoms with E-state index in [1.165, 1.54) is 12.8 Å². The second-order valence-electron chi connectivity index (χ2n) is 6.94. The zero-order valence-electron chi connectivity index (χ0n) is 14.5. The molecule has 2 saturated heterocycles. The molecule has 2 aliphatic rings. The Balaban J connectivity index is 1.64. The van der Waals surface area contributed by atoms with Crippen LogP contribution >= 0.6 is 0 Å². The van der Waals surface area contributed by atoms with Gasteiger partial charge in [0.05, 0.1) is 6.20 Å². The maximum atomic E-state index is 13.2. The fourth-order valence-corrected chi connectivity index (χ4v) is 4.39. The van der Waals surface area contributed by atoms with Crippen LogP contribution < -0.4 is 0 Å². The second-order valence-corrected chi connectivity index (χ2v) is 6.94. The van der Waals surface area contributed by atoms with E-state index in [1.807, 2.05) is 19.2 Å². The number of rotatable bonds is 3. The number of nitrogens with zero attached hydrogens (tertiary/aromatic N) is 5. The SMILES string of the molecule is CCN1CCC[C@@H]1[C@H]1CCCN1C(=O)c1cnn2ccc(C)nc12. The van der Waals surface area contributed by atoms with Crippen molar-refractivity contribution in [3.63, 3.8) is 0 Å². The zero-order valence-corrected chi connectivity index (χ0v) is 14.5. The lowest BCUT2D eigenvalue weighted by atomic mass is 10.0. The van der Waals surface area contributed by atoms with E-state index in [4.69, 9.17) is 0 Å². The predicted octanol–water partition coefficient (Wildman–Crippen LogP) is 2.13. The molecule has 2 aliphatic heterocycles. The highest BCUT2D eigenvalue weighted by Crippen LogP contribution is 2.31. The molecule has 0 unspecified atom stereocenters. The number of carbonyl (C=O) groups is 1. The summed E-state index contributed by atoms with van der Waals surface area (Å²) in [6.07, 6.45) is 8.19. The van der Waals surface area contributed by atoms with Gasteiger partial charge in [-0.1, -0.05) is 6.92 Å². The van der Waals surface area contributed by atoms with E-state index >= 15 is 0 Å². The molecular formula is C18H25N5O. The average molecular weight is 327 g/mol. The summed E-state index contributed by atoms with van der Waals surface area (Å²) in [5.74, 6) is 0.0913. The molecule has 2 fully saturated rings. The van der Waals surface area contributed by atoms with Crippen LogP contribution in [0.25, 0.3) is 5.65 Å². The second kappa shape index (κ2) is 6.16. The average Bonchev–Trinajstić information content (AvgIpc) is 3.31. The molecular weight excluding hydrogens is 302 g/mol. The summed E-state index contributed by atoms with van der Waals surface area (Å²) in [5.41, 5.74) is 2.21. The van der Waals surface area contributed by atoms with E-state index in [9.17, 15) is 4.79 Å².